The van der Waals surface area contributed by atoms with E-state index in [4.69, 9.17) is 4.74 Å². The van der Waals surface area contributed by atoms with Gasteiger partial charge >= 0.3 is 0 Å². The first-order valence-corrected chi connectivity index (χ1v) is 6.29. The molecule has 0 aromatic heterocycles. The molecule has 0 fully saturated rings. The minimum Gasteiger partial charge on any atom is -0.508 e. The molecule has 1 aromatic rings. The lowest BCUT2D eigenvalue weighted by Gasteiger charge is -2.07. The van der Waals surface area contributed by atoms with Gasteiger partial charge in [0.05, 0.1) is 0 Å². The summed E-state index contributed by atoms with van der Waals surface area (Å²) in [5, 5.41) is 12.9. The van der Waals surface area contributed by atoms with Crippen molar-refractivity contribution in [1.29, 1.82) is 0 Å². The largest absolute Gasteiger partial charge is 0.508 e. The van der Waals surface area contributed by atoms with Crippen LogP contribution in [-0.2, 0) is 11.3 Å². The van der Waals surface area contributed by atoms with Crippen LogP contribution in [0.15, 0.2) is 22.7 Å². The van der Waals surface area contributed by atoms with Crippen LogP contribution in [0.1, 0.15) is 18.9 Å². The average Bonchev–Trinajstić information content (AvgIpc) is 2.28. The van der Waals surface area contributed by atoms with E-state index in [1.54, 1.807) is 6.07 Å². The fraction of sp³-hybridized carbons (Fsp3) is 0.500. The second kappa shape index (κ2) is 9.71. The van der Waals surface area contributed by atoms with E-state index in [0.717, 1.165) is 36.2 Å². The van der Waals surface area contributed by atoms with Gasteiger partial charge < -0.3 is 15.2 Å². The summed E-state index contributed by atoms with van der Waals surface area (Å²) in [5.41, 5.74) is 0.908. The van der Waals surface area contributed by atoms with E-state index in [-0.39, 0.29) is 12.4 Å². The molecular weight excluding hydrogens is 305 g/mol. The van der Waals surface area contributed by atoms with Crippen molar-refractivity contribution >= 4 is 28.3 Å². The number of hydrogen-bond donors (Lipinski definition) is 2. The van der Waals surface area contributed by atoms with Crippen LogP contribution < -0.4 is 5.32 Å². The number of nitrogens with one attached hydrogen (secondary N) is 1. The molecule has 98 valence electrons. The maximum Gasteiger partial charge on any atom is 0.120 e. The third kappa shape index (κ3) is 6.88. The van der Waals surface area contributed by atoms with Crippen LogP contribution in [0.25, 0.3) is 0 Å². The van der Waals surface area contributed by atoms with Gasteiger partial charge in [0.1, 0.15) is 5.75 Å². The van der Waals surface area contributed by atoms with E-state index in [0.29, 0.717) is 12.3 Å². The Morgan fingerprint density at radius 3 is 2.88 bits per heavy atom. The monoisotopic (exact) mass is 323 g/mol. The van der Waals surface area contributed by atoms with E-state index in [2.05, 4.69) is 21.2 Å². The number of aromatic hydroxyl groups is 1. The quantitative estimate of drug-likeness (QED) is 0.757. The van der Waals surface area contributed by atoms with Crippen LogP contribution in [0, 0.1) is 0 Å². The number of phenolic OH excluding ortho intramolecular Hbond substituents is 1. The Bertz CT molecular complexity index is 323. The first-order valence-electron chi connectivity index (χ1n) is 5.50. The van der Waals surface area contributed by atoms with Crippen LogP contribution in [0.2, 0.25) is 0 Å². The Labute approximate surface area is 117 Å². The average molecular weight is 325 g/mol. The molecule has 0 bridgehead atoms. The predicted molar refractivity (Wildman–Crippen MR) is 75.9 cm³/mol. The molecule has 0 spiro atoms. The minimum absolute atomic E-state index is 0. The van der Waals surface area contributed by atoms with Gasteiger partial charge in [-0.1, -0.05) is 15.9 Å². The summed E-state index contributed by atoms with van der Waals surface area (Å²) in [6.07, 6.45) is 0.989. The zero-order valence-electron chi connectivity index (χ0n) is 9.91. The van der Waals surface area contributed by atoms with E-state index >= 15 is 0 Å². The number of hydrogen-bond acceptors (Lipinski definition) is 3. The molecule has 1 aromatic carbocycles. The third-order valence-electron chi connectivity index (χ3n) is 2.20. The van der Waals surface area contributed by atoms with Crippen LogP contribution >= 0.6 is 28.3 Å². The van der Waals surface area contributed by atoms with Crippen LogP contribution in [0.4, 0.5) is 0 Å². The molecule has 3 nitrogen and oxygen atoms in total. The zero-order valence-corrected chi connectivity index (χ0v) is 12.3. The molecule has 5 heteroatoms. The van der Waals surface area contributed by atoms with Gasteiger partial charge in [-0.3, -0.25) is 0 Å². The van der Waals surface area contributed by atoms with E-state index in [1.807, 2.05) is 19.1 Å². The highest BCUT2D eigenvalue weighted by Crippen LogP contribution is 2.21. The van der Waals surface area contributed by atoms with E-state index in [1.165, 1.54) is 0 Å². The maximum atomic E-state index is 9.59. The molecule has 17 heavy (non-hydrogen) atoms. The van der Waals surface area contributed by atoms with Crippen molar-refractivity contribution in [3.05, 3.63) is 28.2 Å². The van der Waals surface area contributed by atoms with Gasteiger partial charge in [0.2, 0.25) is 0 Å². The normalized spacial score (nSPS) is 10.0. The Kier molecular flexibility index (Phi) is 9.55. The number of rotatable bonds is 7. The van der Waals surface area contributed by atoms with Crippen LogP contribution in [-0.4, -0.2) is 24.9 Å². The van der Waals surface area contributed by atoms with Gasteiger partial charge in [-0.15, -0.1) is 12.4 Å². The first kappa shape index (κ1) is 16.7. The molecule has 0 amide bonds. The highest BCUT2D eigenvalue weighted by atomic mass is 79.9. The lowest BCUT2D eigenvalue weighted by atomic mass is 10.2. The van der Waals surface area contributed by atoms with Gasteiger partial charge in [-0.05, 0) is 38.1 Å². The van der Waals surface area contributed by atoms with Crippen molar-refractivity contribution < 1.29 is 9.84 Å². The van der Waals surface area contributed by atoms with Gasteiger partial charge in [-0.2, -0.15) is 0 Å². The van der Waals surface area contributed by atoms with Gasteiger partial charge in [0, 0.05) is 29.8 Å². The van der Waals surface area contributed by atoms with Gasteiger partial charge in [0.15, 0.2) is 0 Å². The Morgan fingerprint density at radius 2 is 2.18 bits per heavy atom. The van der Waals surface area contributed by atoms with Gasteiger partial charge in [-0.25, -0.2) is 0 Å². The standard InChI is InChI=1S/C12H18BrNO2.ClH/c1-2-16-7-3-6-14-9-10-8-11(13)4-5-12(10)15;/h4-5,8,14-15H,2-3,6-7,9H2,1H3;1H. The molecule has 0 aliphatic carbocycles. The third-order valence-corrected chi connectivity index (χ3v) is 2.70. The van der Waals surface area contributed by atoms with E-state index < -0.39 is 0 Å². The molecule has 1 rings (SSSR count). The highest BCUT2D eigenvalue weighted by molar-refractivity contribution is 9.10. The van der Waals surface area contributed by atoms with Crippen molar-refractivity contribution in [3.8, 4) is 5.75 Å². The van der Waals surface area contributed by atoms with Crippen LogP contribution in [0.5, 0.6) is 5.75 Å². The lowest BCUT2D eigenvalue weighted by Crippen LogP contribution is -2.16. The Balaban J connectivity index is 0.00000256. The summed E-state index contributed by atoms with van der Waals surface area (Å²) >= 11 is 3.38. The van der Waals surface area contributed by atoms with Crippen molar-refractivity contribution in [3.63, 3.8) is 0 Å². The number of halogens is 2. The van der Waals surface area contributed by atoms with E-state index in [9.17, 15) is 5.11 Å². The Hall–Kier alpha value is -0.290. The first-order chi connectivity index (χ1) is 7.74. The predicted octanol–water partition coefficient (Wildman–Crippen LogP) is 3.09. The summed E-state index contributed by atoms with van der Waals surface area (Å²) in [4.78, 5) is 0. The molecule has 0 saturated carbocycles. The molecule has 0 aliphatic heterocycles. The lowest BCUT2D eigenvalue weighted by molar-refractivity contribution is 0.144. The second-order valence-corrected chi connectivity index (χ2v) is 4.42. The molecule has 0 unspecified atom stereocenters. The summed E-state index contributed by atoms with van der Waals surface area (Å²) in [5.74, 6) is 0.334. The zero-order chi connectivity index (χ0) is 11.8. The van der Waals surface area contributed by atoms with Gasteiger partial charge in [0.25, 0.3) is 0 Å². The van der Waals surface area contributed by atoms with Crippen LogP contribution in [0.3, 0.4) is 0 Å². The highest BCUT2D eigenvalue weighted by Gasteiger charge is 2.00. The number of phenols is 1. The Morgan fingerprint density at radius 1 is 1.41 bits per heavy atom. The summed E-state index contributed by atoms with van der Waals surface area (Å²) in [6.45, 7) is 5.12. The smallest absolute Gasteiger partial charge is 0.120 e. The van der Waals surface area contributed by atoms with Crippen molar-refractivity contribution in [2.24, 2.45) is 0 Å². The molecular formula is C12H19BrClNO2. The molecule has 0 atom stereocenters. The SMILES string of the molecule is CCOCCCNCc1cc(Br)ccc1O.Cl. The molecule has 0 aliphatic rings. The molecule has 0 radical (unpaired) electrons. The van der Waals surface area contributed by atoms with Crippen molar-refractivity contribution in [2.45, 2.75) is 19.9 Å². The minimum atomic E-state index is 0. The summed E-state index contributed by atoms with van der Waals surface area (Å²) in [7, 11) is 0. The fourth-order valence-electron chi connectivity index (χ4n) is 1.36. The molecule has 0 heterocycles. The summed E-state index contributed by atoms with van der Waals surface area (Å²) < 4.78 is 6.21. The summed E-state index contributed by atoms with van der Waals surface area (Å²) in [6, 6.07) is 5.44. The number of ether oxygens (including phenoxy) is 1. The maximum absolute atomic E-state index is 9.59. The van der Waals surface area contributed by atoms with Crippen molar-refractivity contribution in [1.82, 2.24) is 5.32 Å². The fourth-order valence-corrected chi connectivity index (χ4v) is 1.77. The topological polar surface area (TPSA) is 41.5 Å². The molecule has 0 saturated heterocycles. The second-order valence-electron chi connectivity index (χ2n) is 3.50. The number of benzene rings is 1. The van der Waals surface area contributed by atoms with Crippen molar-refractivity contribution in [2.75, 3.05) is 19.8 Å². The molecule has 2 N–H and O–H groups in total.